The molecule has 0 atom stereocenters. The summed E-state index contributed by atoms with van der Waals surface area (Å²) in [5.74, 6) is 1.46. The van der Waals surface area contributed by atoms with Crippen molar-refractivity contribution in [1.29, 1.82) is 0 Å². The molecule has 20 heavy (non-hydrogen) atoms. The van der Waals surface area contributed by atoms with Crippen molar-refractivity contribution in [3.8, 4) is 5.75 Å². The van der Waals surface area contributed by atoms with E-state index in [1.54, 1.807) is 0 Å². The molecule has 0 radical (unpaired) electrons. The number of fused-ring (bicyclic) bond motifs is 1. The van der Waals surface area contributed by atoms with Gasteiger partial charge in [0.05, 0.1) is 18.8 Å². The van der Waals surface area contributed by atoms with Crippen LogP contribution in [0.25, 0.3) is 0 Å². The average molecular weight is 274 g/mol. The van der Waals surface area contributed by atoms with Gasteiger partial charge in [0.15, 0.2) is 0 Å². The zero-order chi connectivity index (χ0) is 13.8. The maximum Gasteiger partial charge on any atom is 0.322 e. The Morgan fingerprint density at radius 2 is 2.20 bits per heavy atom. The standard InChI is InChI=1S/C14H18N4O2/c1-2-15-10-13-16-17-14(20-13)18-8-5-9-19-12-7-4-3-6-11(12)18/h3-4,6-7,15H,2,5,8-10H2,1H3. The van der Waals surface area contributed by atoms with Gasteiger partial charge in [-0.1, -0.05) is 24.2 Å². The van der Waals surface area contributed by atoms with Crippen molar-refractivity contribution >= 4 is 11.7 Å². The van der Waals surface area contributed by atoms with Gasteiger partial charge in [-0.2, -0.15) is 0 Å². The first kappa shape index (κ1) is 12.9. The molecule has 6 nitrogen and oxygen atoms in total. The topological polar surface area (TPSA) is 63.4 Å². The van der Waals surface area contributed by atoms with Gasteiger partial charge in [0.1, 0.15) is 5.75 Å². The molecular weight excluding hydrogens is 256 g/mol. The Balaban J connectivity index is 1.87. The van der Waals surface area contributed by atoms with Gasteiger partial charge in [0.2, 0.25) is 5.89 Å². The lowest BCUT2D eigenvalue weighted by Crippen LogP contribution is -2.18. The molecule has 2 heterocycles. The second-order valence-corrected chi connectivity index (χ2v) is 4.58. The van der Waals surface area contributed by atoms with Gasteiger partial charge in [-0.05, 0) is 25.1 Å². The van der Waals surface area contributed by atoms with E-state index >= 15 is 0 Å². The molecule has 3 rings (SSSR count). The third kappa shape index (κ3) is 2.60. The van der Waals surface area contributed by atoms with Crippen LogP contribution in [0.1, 0.15) is 19.2 Å². The van der Waals surface area contributed by atoms with Gasteiger partial charge in [-0.3, -0.25) is 4.90 Å². The van der Waals surface area contributed by atoms with Gasteiger partial charge < -0.3 is 14.5 Å². The number of aromatic nitrogens is 2. The second-order valence-electron chi connectivity index (χ2n) is 4.58. The molecule has 0 amide bonds. The minimum Gasteiger partial charge on any atom is -0.491 e. The van der Waals surface area contributed by atoms with E-state index < -0.39 is 0 Å². The first-order chi connectivity index (χ1) is 9.88. The summed E-state index contributed by atoms with van der Waals surface area (Å²) in [5, 5.41) is 11.4. The molecule has 1 aliphatic heterocycles. The number of hydrogen-bond donors (Lipinski definition) is 1. The van der Waals surface area contributed by atoms with E-state index in [4.69, 9.17) is 9.15 Å². The zero-order valence-corrected chi connectivity index (χ0v) is 11.5. The van der Waals surface area contributed by atoms with E-state index in [0.717, 1.165) is 30.9 Å². The number of ether oxygens (including phenoxy) is 1. The van der Waals surface area contributed by atoms with Crippen LogP contribution in [0.4, 0.5) is 11.7 Å². The molecule has 0 bridgehead atoms. The van der Waals surface area contributed by atoms with Crippen LogP contribution in [0.3, 0.4) is 0 Å². The third-order valence-electron chi connectivity index (χ3n) is 3.15. The molecule has 0 fully saturated rings. The van der Waals surface area contributed by atoms with Crippen LogP contribution in [0.2, 0.25) is 0 Å². The number of hydrogen-bond acceptors (Lipinski definition) is 6. The lowest BCUT2D eigenvalue weighted by Gasteiger charge is -2.18. The summed E-state index contributed by atoms with van der Waals surface area (Å²) in [6.45, 7) is 5.01. The van der Waals surface area contributed by atoms with Crippen molar-refractivity contribution in [3.05, 3.63) is 30.2 Å². The van der Waals surface area contributed by atoms with Gasteiger partial charge in [0, 0.05) is 6.54 Å². The summed E-state index contributed by atoms with van der Waals surface area (Å²) in [5.41, 5.74) is 0.976. The highest BCUT2D eigenvalue weighted by Crippen LogP contribution is 2.34. The van der Waals surface area contributed by atoms with Gasteiger partial charge in [-0.15, -0.1) is 5.10 Å². The fourth-order valence-electron chi connectivity index (χ4n) is 2.18. The number of nitrogens with one attached hydrogen (secondary N) is 1. The lowest BCUT2D eigenvalue weighted by molar-refractivity contribution is 0.322. The maximum absolute atomic E-state index is 5.73. The summed E-state index contributed by atoms with van der Waals surface area (Å²) in [6.07, 6.45) is 0.916. The molecular formula is C14H18N4O2. The van der Waals surface area contributed by atoms with E-state index in [-0.39, 0.29) is 0 Å². The predicted octanol–water partition coefficient (Wildman–Crippen LogP) is 2.10. The third-order valence-corrected chi connectivity index (χ3v) is 3.15. The first-order valence-electron chi connectivity index (χ1n) is 6.91. The summed E-state index contributed by atoms with van der Waals surface area (Å²) >= 11 is 0. The Morgan fingerprint density at radius 3 is 3.10 bits per heavy atom. The van der Waals surface area contributed by atoms with Crippen molar-refractivity contribution < 1.29 is 9.15 Å². The highest BCUT2D eigenvalue weighted by molar-refractivity contribution is 5.64. The van der Waals surface area contributed by atoms with Crippen LogP contribution in [0, 0.1) is 0 Å². The molecule has 1 N–H and O–H groups in total. The molecule has 2 aromatic rings. The van der Waals surface area contributed by atoms with Crippen LogP contribution >= 0.6 is 0 Å². The Labute approximate surface area is 117 Å². The summed E-state index contributed by atoms with van der Waals surface area (Å²) in [6, 6.07) is 8.44. The molecule has 0 aliphatic carbocycles. The fraction of sp³-hybridized carbons (Fsp3) is 0.429. The SMILES string of the molecule is CCNCc1nnc(N2CCCOc3ccccc32)o1. The number of nitrogens with zero attached hydrogens (tertiary/aromatic N) is 3. The largest absolute Gasteiger partial charge is 0.491 e. The number of benzene rings is 1. The molecule has 6 heteroatoms. The van der Waals surface area contributed by atoms with Crippen LogP contribution in [0.15, 0.2) is 28.7 Å². The molecule has 0 spiro atoms. The van der Waals surface area contributed by atoms with Crippen LogP contribution in [-0.2, 0) is 6.54 Å². The molecule has 106 valence electrons. The Kier molecular flexibility index (Phi) is 3.83. The number of anilines is 2. The molecule has 0 saturated carbocycles. The van der Waals surface area contributed by atoms with E-state index in [9.17, 15) is 0 Å². The monoisotopic (exact) mass is 274 g/mol. The van der Waals surface area contributed by atoms with E-state index in [1.165, 1.54) is 0 Å². The van der Waals surface area contributed by atoms with Crippen molar-refractivity contribution in [2.24, 2.45) is 0 Å². The summed E-state index contributed by atoms with van der Waals surface area (Å²) in [4.78, 5) is 2.02. The van der Waals surface area contributed by atoms with Gasteiger partial charge in [0.25, 0.3) is 0 Å². The predicted molar refractivity (Wildman–Crippen MR) is 75.2 cm³/mol. The van der Waals surface area contributed by atoms with Crippen molar-refractivity contribution in [2.45, 2.75) is 19.9 Å². The zero-order valence-electron chi connectivity index (χ0n) is 11.5. The first-order valence-corrected chi connectivity index (χ1v) is 6.91. The van der Waals surface area contributed by atoms with Crippen molar-refractivity contribution in [2.75, 3.05) is 24.6 Å². The highest BCUT2D eigenvalue weighted by Gasteiger charge is 2.21. The van der Waals surface area contributed by atoms with Gasteiger partial charge in [-0.25, -0.2) is 0 Å². The minimum absolute atomic E-state index is 0.524. The molecule has 0 saturated heterocycles. The fourth-order valence-corrected chi connectivity index (χ4v) is 2.18. The average Bonchev–Trinajstić information content (AvgIpc) is 2.84. The van der Waals surface area contributed by atoms with Crippen LogP contribution in [0.5, 0.6) is 5.75 Å². The second kappa shape index (κ2) is 5.92. The van der Waals surface area contributed by atoms with E-state index in [1.807, 2.05) is 36.1 Å². The lowest BCUT2D eigenvalue weighted by atomic mass is 10.2. The van der Waals surface area contributed by atoms with E-state index in [0.29, 0.717) is 25.1 Å². The quantitative estimate of drug-likeness (QED) is 0.921. The molecule has 1 aromatic carbocycles. The minimum atomic E-state index is 0.524. The van der Waals surface area contributed by atoms with Crippen LogP contribution < -0.4 is 15.0 Å². The maximum atomic E-state index is 5.73. The summed E-state index contributed by atoms with van der Waals surface area (Å²) < 4.78 is 11.5. The van der Waals surface area contributed by atoms with Crippen LogP contribution in [-0.4, -0.2) is 29.9 Å². The number of rotatable bonds is 4. The normalized spacial score (nSPS) is 14.6. The molecule has 1 aromatic heterocycles. The van der Waals surface area contributed by atoms with Crippen molar-refractivity contribution in [1.82, 2.24) is 15.5 Å². The Bertz CT molecular complexity index is 570. The number of para-hydroxylation sites is 2. The Hall–Kier alpha value is -2.08. The molecule has 1 aliphatic rings. The highest BCUT2D eigenvalue weighted by atomic mass is 16.5. The Morgan fingerprint density at radius 1 is 1.30 bits per heavy atom. The smallest absolute Gasteiger partial charge is 0.322 e. The molecule has 0 unspecified atom stereocenters. The van der Waals surface area contributed by atoms with E-state index in [2.05, 4.69) is 15.5 Å². The van der Waals surface area contributed by atoms with Gasteiger partial charge >= 0.3 is 6.01 Å². The van der Waals surface area contributed by atoms with Crippen molar-refractivity contribution in [3.63, 3.8) is 0 Å². The summed E-state index contributed by atoms with van der Waals surface area (Å²) in [7, 11) is 0.